The van der Waals surface area contributed by atoms with Crippen LogP contribution in [0.15, 0.2) is 47.6 Å². The first-order valence-corrected chi connectivity index (χ1v) is 8.85. The van der Waals surface area contributed by atoms with Gasteiger partial charge in [0.2, 0.25) is 11.7 Å². The van der Waals surface area contributed by atoms with E-state index in [2.05, 4.69) is 15.8 Å². The third-order valence-corrected chi connectivity index (χ3v) is 4.49. The molecule has 144 valence electrons. The Morgan fingerprint density at radius 2 is 1.86 bits per heavy atom. The predicted molar refractivity (Wildman–Crippen MR) is 102 cm³/mol. The first kappa shape index (κ1) is 17.8. The number of hydrazone groups is 1. The van der Waals surface area contributed by atoms with Crippen molar-refractivity contribution in [2.24, 2.45) is 5.10 Å². The number of amides is 1. The van der Waals surface area contributed by atoms with Gasteiger partial charge in [0.15, 0.2) is 11.5 Å². The predicted octanol–water partition coefficient (Wildman–Crippen LogP) is 2.01. The zero-order valence-electron chi connectivity index (χ0n) is 15.2. The number of methoxy groups -OCH3 is 1. The van der Waals surface area contributed by atoms with Gasteiger partial charge in [0, 0.05) is 23.7 Å². The van der Waals surface area contributed by atoms with Gasteiger partial charge < -0.3 is 19.5 Å². The number of rotatable bonds is 5. The van der Waals surface area contributed by atoms with Crippen molar-refractivity contribution in [2.75, 3.05) is 25.6 Å². The number of ketones is 1. The van der Waals surface area contributed by atoms with E-state index in [0.717, 1.165) is 0 Å². The van der Waals surface area contributed by atoms with Crippen LogP contribution in [0.5, 0.6) is 17.2 Å². The molecule has 0 saturated carbocycles. The van der Waals surface area contributed by atoms with Crippen molar-refractivity contribution in [1.29, 1.82) is 0 Å². The molecule has 28 heavy (non-hydrogen) atoms. The lowest BCUT2D eigenvalue weighted by atomic mass is 10.0. The number of hydrogen-bond acceptors (Lipinski definition) is 7. The van der Waals surface area contributed by atoms with E-state index >= 15 is 0 Å². The molecule has 0 aliphatic carbocycles. The molecule has 1 atom stereocenters. The van der Waals surface area contributed by atoms with Crippen molar-refractivity contribution >= 4 is 23.1 Å². The normalized spacial score (nSPS) is 17.3. The summed E-state index contributed by atoms with van der Waals surface area (Å²) in [6.07, 6.45) is 0.210. The number of nitrogens with zero attached hydrogens (tertiary/aromatic N) is 1. The number of anilines is 1. The lowest BCUT2D eigenvalue weighted by Gasteiger charge is -2.19. The van der Waals surface area contributed by atoms with Crippen molar-refractivity contribution < 1.29 is 23.8 Å². The smallest absolute Gasteiger partial charge is 0.248 e. The molecular weight excluding hydrogens is 362 g/mol. The van der Waals surface area contributed by atoms with Gasteiger partial charge in [-0.2, -0.15) is 5.10 Å². The molecule has 2 aliphatic heterocycles. The van der Waals surface area contributed by atoms with Gasteiger partial charge in [-0.25, -0.2) is 0 Å². The molecule has 8 nitrogen and oxygen atoms in total. The Labute approximate surface area is 161 Å². The quantitative estimate of drug-likeness (QED) is 0.769. The highest BCUT2D eigenvalue weighted by Gasteiger charge is 2.29. The summed E-state index contributed by atoms with van der Waals surface area (Å²) in [4.78, 5) is 25.1. The fourth-order valence-electron chi connectivity index (χ4n) is 2.99. The zero-order valence-corrected chi connectivity index (χ0v) is 15.2. The van der Waals surface area contributed by atoms with E-state index in [0.29, 0.717) is 47.4 Å². The molecule has 2 aliphatic rings. The molecule has 2 N–H and O–H groups in total. The standard InChI is InChI=1S/C20H19N3O5/c1-26-14-5-2-12(3-6-14)19(24)15-11-16(23-22-15)20(25)21-13-4-7-17-18(10-13)28-9-8-27-17/h2-7,10,16,23H,8-9,11H2,1H3,(H,21,25). The number of carbonyl (C=O) groups excluding carboxylic acids is 2. The average Bonchev–Trinajstić information content (AvgIpc) is 3.24. The first-order valence-electron chi connectivity index (χ1n) is 8.85. The second kappa shape index (κ2) is 7.59. The number of benzene rings is 2. The van der Waals surface area contributed by atoms with E-state index in [1.54, 1.807) is 49.6 Å². The summed E-state index contributed by atoms with van der Waals surface area (Å²) in [7, 11) is 1.56. The molecule has 8 heteroatoms. The van der Waals surface area contributed by atoms with Gasteiger partial charge in [-0.05, 0) is 36.4 Å². The third kappa shape index (κ3) is 3.62. The molecule has 1 unspecified atom stereocenters. The number of fused-ring (bicyclic) bond motifs is 1. The highest BCUT2D eigenvalue weighted by Crippen LogP contribution is 2.32. The highest BCUT2D eigenvalue weighted by molar-refractivity contribution is 6.46. The molecule has 0 spiro atoms. The van der Waals surface area contributed by atoms with Crippen molar-refractivity contribution in [3.05, 3.63) is 48.0 Å². The minimum absolute atomic E-state index is 0.210. The second-order valence-electron chi connectivity index (χ2n) is 6.35. The zero-order chi connectivity index (χ0) is 19.5. The Morgan fingerprint density at radius 1 is 1.11 bits per heavy atom. The molecule has 1 amide bonds. The van der Waals surface area contributed by atoms with Crippen LogP contribution in [0.4, 0.5) is 5.69 Å². The van der Waals surface area contributed by atoms with Gasteiger partial charge in [0.1, 0.15) is 30.7 Å². The number of Topliss-reactive ketones (excluding diaryl/α,β-unsaturated/α-hetero) is 1. The molecule has 0 aromatic heterocycles. The van der Waals surface area contributed by atoms with Gasteiger partial charge >= 0.3 is 0 Å². The number of nitrogens with one attached hydrogen (secondary N) is 2. The number of ether oxygens (including phenoxy) is 3. The van der Waals surface area contributed by atoms with Gasteiger partial charge in [-0.3, -0.25) is 15.0 Å². The molecule has 2 aromatic rings. The molecule has 0 fully saturated rings. The van der Waals surface area contributed by atoms with Crippen LogP contribution in [0.25, 0.3) is 0 Å². The van der Waals surface area contributed by atoms with Crippen LogP contribution < -0.4 is 25.0 Å². The molecular formula is C20H19N3O5. The Bertz CT molecular complexity index is 939. The van der Waals surface area contributed by atoms with Gasteiger partial charge in [-0.1, -0.05) is 0 Å². The Morgan fingerprint density at radius 3 is 2.61 bits per heavy atom. The monoisotopic (exact) mass is 381 g/mol. The summed E-state index contributed by atoms with van der Waals surface area (Å²) in [6, 6.07) is 11.4. The van der Waals surface area contributed by atoms with E-state index in [-0.39, 0.29) is 18.1 Å². The molecule has 0 saturated heterocycles. The minimum atomic E-state index is -0.620. The van der Waals surface area contributed by atoms with Crippen LogP contribution >= 0.6 is 0 Å². The minimum Gasteiger partial charge on any atom is -0.497 e. The van der Waals surface area contributed by atoms with Gasteiger partial charge in [0.05, 0.1) is 7.11 Å². The fourth-order valence-corrected chi connectivity index (χ4v) is 2.99. The van der Waals surface area contributed by atoms with Crippen molar-refractivity contribution in [2.45, 2.75) is 12.5 Å². The molecule has 0 radical (unpaired) electrons. The summed E-state index contributed by atoms with van der Waals surface area (Å²) in [5.74, 6) is 1.41. The SMILES string of the molecule is COc1ccc(C(=O)C2=NNC(C(=O)Nc3ccc4c(c3)OCCO4)C2)cc1. The van der Waals surface area contributed by atoms with Crippen LogP contribution in [-0.4, -0.2) is 43.8 Å². The molecule has 2 aromatic carbocycles. The number of hydrogen-bond donors (Lipinski definition) is 2. The summed E-state index contributed by atoms with van der Waals surface area (Å²) in [6.45, 7) is 0.978. The van der Waals surface area contributed by atoms with E-state index in [1.165, 1.54) is 0 Å². The largest absolute Gasteiger partial charge is 0.497 e. The average molecular weight is 381 g/mol. The Hall–Kier alpha value is -3.55. The second-order valence-corrected chi connectivity index (χ2v) is 6.35. The summed E-state index contributed by atoms with van der Waals surface area (Å²) in [5, 5.41) is 6.86. The van der Waals surface area contributed by atoms with Crippen LogP contribution in [0, 0.1) is 0 Å². The van der Waals surface area contributed by atoms with Crippen LogP contribution in [-0.2, 0) is 4.79 Å². The van der Waals surface area contributed by atoms with Crippen LogP contribution in [0.1, 0.15) is 16.8 Å². The van der Waals surface area contributed by atoms with Crippen molar-refractivity contribution in [3.63, 3.8) is 0 Å². The lowest BCUT2D eigenvalue weighted by Crippen LogP contribution is -2.35. The van der Waals surface area contributed by atoms with Gasteiger partial charge in [0.25, 0.3) is 0 Å². The maximum Gasteiger partial charge on any atom is 0.248 e. The van der Waals surface area contributed by atoms with Crippen molar-refractivity contribution in [1.82, 2.24) is 5.43 Å². The number of carbonyl (C=O) groups is 2. The maximum absolute atomic E-state index is 12.6. The van der Waals surface area contributed by atoms with Crippen molar-refractivity contribution in [3.8, 4) is 17.2 Å². The van der Waals surface area contributed by atoms with Gasteiger partial charge in [-0.15, -0.1) is 0 Å². The topological polar surface area (TPSA) is 98.2 Å². The Balaban J connectivity index is 1.37. The summed E-state index contributed by atoms with van der Waals surface area (Å²) in [5.41, 5.74) is 4.13. The molecule has 4 rings (SSSR count). The summed E-state index contributed by atoms with van der Waals surface area (Å²) < 4.78 is 16.1. The third-order valence-electron chi connectivity index (χ3n) is 4.49. The Kier molecular flexibility index (Phi) is 4.84. The summed E-state index contributed by atoms with van der Waals surface area (Å²) >= 11 is 0. The maximum atomic E-state index is 12.6. The lowest BCUT2D eigenvalue weighted by molar-refractivity contribution is -0.117. The highest BCUT2D eigenvalue weighted by atomic mass is 16.6. The van der Waals surface area contributed by atoms with Crippen LogP contribution in [0.3, 0.4) is 0 Å². The fraction of sp³-hybridized carbons (Fsp3) is 0.250. The molecule has 0 bridgehead atoms. The first-order chi connectivity index (χ1) is 13.6. The molecule has 2 heterocycles. The van der Waals surface area contributed by atoms with E-state index < -0.39 is 6.04 Å². The van der Waals surface area contributed by atoms with E-state index in [4.69, 9.17) is 14.2 Å². The van der Waals surface area contributed by atoms with E-state index in [1.807, 2.05) is 0 Å². The van der Waals surface area contributed by atoms with E-state index in [9.17, 15) is 9.59 Å². The van der Waals surface area contributed by atoms with Crippen LogP contribution in [0.2, 0.25) is 0 Å².